The predicted octanol–water partition coefficient (Wildman–Crippen LogP) is 3.73. The number of thioether (sulfide) groups is 1. The van der Waals surface area contributed by atoms with Gasteiger partial charge in [-0.3, -0.25) is 19.2 Å². The Bertz CT molecular complexity index is 1170. The number of Topliss-reactive ketones (excluding diaryl/α,β-unsaturated/α-hetero) is 1. The minimum absolute atomic E-state index is 0.0513. The summed E-state index contributed by atoms with van der Waals surface area (Å²) in [7, 11) is 0. The Labute approximate surface area is 235 Å². The van der Waals surface area contributed by atoms with Crippen LogP contribution >= 0.6 is 23.4 Å². The number of carboxylic acids is 1. The third-order valence-electron chi connectivity index (χ3n) is 5.60. The summed E-state index contributed by atoms with van der Waals surface area (Å²) in [5.41, 5.74) is 0.640. The van der Waals surface area contributed by atoms with Crippen LogP contribution < -0.4 is 15.4 Å². The third-order valence-corrected chi connectivity index (χ3v) is 6.93. The van der Waals surface area contributed by atoms with Crippen molar-refractivity contribution in [2.24, 2.45) is 5.92 Å². The number of nitrogens with one attached hydrogen (secondary N) is 2. The van der Waals surface area contributed by atoms with Crippen molar-refractivity contribution in [2.45, 2.75) is 51.4 Å². The first-order valence-corrected chi connectivity index (χ1v) is 13.8. The summed E-state index contributed by atoms with van der Waals surface area (Å²) in [5, 5.41) is 24.4. The Kier molecular flexibility index (Phi) is 12.5. The molecule has 0 bridgehead atoms. The largest absolute Gasteiger partial charge is 0.508 e. The van der Waals surface area contributed by atoms with E-state index in [0.29, 0.717) is 17.9 Å². The maximum atomic E-state index is 14.0. The maximum Gasteiger partial charge on any atom is 0.305 e. The predicted molar refractivity (Wildman–Crippen MR) is 147 cm³/mol. The lowest BCUT2D eigenvalue weighted by molar-refractivity contribution is -0.140. The molecule has 2 aromatic carbocycles. The van der Waals surface area contributed by atoms with Crippen molar-refractivity contribution in [3.8, 4) is 11.5 Å². The minimum atomic E-state index is -1.35. The molecule has 0 aliphatic carbocycles. The molecular formula is C27H32ClFN2O7S. The lowest BCUT2D eigenvalue weighted by Gasteiger charge is -2.25. The van der Waals surface area contributed by atoms with Crippen LogP contribution in [-0.4, -0.2) is 58.2 Å². The highest BCUT2D eigenvalue weighted by molar-refractivity contribution is 7.99. The molecule has 9 nitrogen and oxygen atoms in total. The lowest BCUT2D eigenvalue weighted by atomic mass is 10.0. The number of carbonyl (C=O) groups excluding carboxylic acids is 3. The molecule has 0 saturated carbocycles. The maximum absolute atomic E-state index is 14.0. The number of carbonyl (C=O) groups is 4. The summed E-state index contributed by atoms with van der Waals surface area (Å²) in [6.45, 7) is 5.50. The van der Waals surface area contributed by atoms with Crippen molar-refractivity contribution >= 4 is 46.9 Å². The Hall–Kier alpha value is -3.31. The van der Waals surface area contributed by atoms with E-state index in [1.54, 1.807) is 20.8 Å². The van der Waals surface area contributed by atoms with E-state index in [0.717, 1.165) is 11.8 Å². The number of amides is 2. The quantitative estimate of drug-likeness (QED) is 0.249. The monoisotopic (exact) mass is 582 g/mol. The fraction of sp³-hybridized carbons (Fsp3) is 0.407. The van der Waals surface area contributed by atoms with E-state index in [1.807, 2.05) is 0 Å². The van der Waals surface area contributed by atoms with Crippen LogP contribution in [0.4, 0.5) is 4.39 Å². The molecule has 12 heteroatoms. The van der Waals surface area contributed by atoms with E-state index in [9.17, 15) is 33.8 Å². The molecule has 2 amide bonds. The van der Waals surface area contributed by atoms with Crippen molar-refractivity contribution in [2.75, 3.05) is 12.4 Å². The van der Waals surface area contributed by atoms with E-state index >= 15 is 0 Å². The van der Waals surface area contributed by atoms with Crippen molar-refractivity contribution in [1.29, 1.82) is 0 Å². The summed E-state index contributed by atoms with van der Waals surface area (Å²) in [6, 6.07) is 6.16. The molecule has 0 spiro atoms. The van der Waals surface area contributed by atoms with Gasteiger partial charge in [0, 0.05) is 21.9 Å². The van der Waals surface area contributed by atoms with Gasteiger partial charge in [0.15, 0.2) is 5.78 Å². The molecule has 0 unspecified atom stereocenters. The minimum Gasteiger partial charge on any atom is -0.508 e. The molecule has 212 valence electrons. The number of aromatic hydroxyl groups is 1. The number of halogens is 2. The molecule has 0 fully saturated rings. The molecule has 0 aliphatic heterocycles. The Balaban J connectivity index is 2.07. The topological polar surface area (TPSA) is 142 Å². The summed E-state index contributed by atoms with van der Waals surface area (Å²) in [4.78, 5) is 50.1. The van der Waals surface area contributed by atoms with E-state index in [2.05, 4.69) is 10.6 Å². The van der Waals surface area contributed by atoms with Crippen LogP contribution in [0.5, 0.6) is 11.5 Å². The number of ether oxygens (including phenoxy) is 1. The number of benzene rings is 2. The van der Waals surface area contributed by atoms with Crippen molar-refractivity contribution in [3.63, 3.8) is 0 Å². The fourth-order valence-corrected chi connectivity index (χ4v) is 4.95. The molecular weight excluding hydrogens is 551 g/mol. The fourth-order valence-electron chi connectivity index (χ4n) is 3.64. The average Bonchev–Trinajstić information content (AvgIpc) is 2.85. The van der Waals surface area contributed by atoms with E-state index in [1.165, 1.54) is 36.4 Å². The van der Waals surface area contributed by atoms with Crippen LogP contribution in [0.25, 0.3) is 0 Å². The highest BCUT2D eigenvalue weighted by atomic mass is 35.5. The van der Waals surface area contributed by atoms with Crippen LogP contribution in [0.15, 0.2) is 36.4 Å². The second-order valence-corrected chi connectivity index (χ2v) is 10.4. The van der Waals surface area contributed by atoms with Crippen molar-refractivity contribution < 1.29 is 38.5 Å². The number of hydrogen-bond acceptors (Lipinski definition) is 7. The molecule has 0 aromatic heterocycles. The summed E-state index contributed by atoms with van der Waals surface area (Å²) >= 11 is 7.05. The number of phenols is 1. The zero-order valence-corrected chi connectivity index (χ0v) is 23.4. The zero-order chi connectivity index (χ0) is 29.1. The molecule has 0 aliphatic rings. The Morgan fingerprint density at radius 1 is 1.13 bits per heavy atom. The highest BCUT2D eigenvalue weighted by Crippen LogP contribution is 2.25. The molecule has 39 heavy (non-hydrogen) atoms. The van der Waals surface area contributed by atoms with Crippen LogP contribution in [0.1, 0.15) is 38.3 Å². The van der Waals surface area contributed by atoms with Gasteiger partial charge in [-0.15, -0.1) is 11.8 Å². The summed E-state index contributed by atoms with van der Waals surface area (Å²) < 4.78 is 19.5. The molecule has 2 rings (SSSR count). The molecule has 2 atom stereocenters. The number of carboxylic acid groups (broad SMARTS) is 1. The van der Waals surface area contributed by atoms with Crippen LogP contribution in [0.3, 0.4) is 0 Å². The van der Waals surface area contributed by atoms with Crippen LogP contribution in [0.2, 0.25) is 5.02 Å². The first-order chi connectivity index (χ1) is 18.4. The second-order valence-electron chi connectivity index (χ2n) is 9.01. The molecule has 4 N–H and O–H groups in total. The van der Waals surface area contributed by atoms with Crippen LogP contribution in [-0.2, 0) is 31.4 Å². The summed E-state index contributed by atoms with van der Waals surface area (Å²) in [5.74, 6) is -3.80. The lowest BCUT2D eigenvalue weighted by Crippen LogP contribution is -2.54. The smallest absolute Gasteiger partial charge is 0.305 e. The third kappa shape index (κ3) is 10.1. The van der Waals surface area contributed by atoms with E-state index in [-0.39, 0.29) is 34.3 Å². The number of aliphatic carboxylic acids is 1. The van der Waals surface area contributed by atoms with Gasteiger partial charge in [0.25, 0.3) is 0 Å². The Morgan fingerprint density at radius 2 is 1.85 bits per heavy atom. The van der Waals surface area contributed by atoms with E-state index in [4.69, 9.17) is 16.3 Å². The Morgan fingerprint density at radius 3 is 2.46 bits per heavy atom. The van der Waals surface area contributed by atoms with Gasteiger partial charge in [-0.2, -0.15) is 0 Å². The van der Waals surface area contributed by atoms with Gasteiger partial charge in [0.05, 0.1) is 31.2 Å². The summed E-state index contributed by atoms with van der Waals surface area (Å²) in [6.07, 6.45) is -0.849. The molecule has 2 aromatic rings. The molecule has 0 saturated heterocycles. The van der Waals surface area contributed by atoms with Gasteiger partial charge in [0.1, 0.15) is 23.4 Å². The molecule has 0 radical (unpaired) electrons. The average molecular weight is 583 g/mol. The zero-order valence-electron chi connectivity index (χ0n) is 21.8. The van der Waals surface area contributed by atoms with Gasteiger partial charge in [-0.25, -0.2) is 4.39 Å². The first-order valence-electron chi connectivity index (χ1n) is 12.2. The van der Waals surface area contributed by atoms with Gasteiger partial charge < -0.3 is 25.6 Å². The normalized spacial score (nSPS) is 12.5. The van der Waals surface area contributed by atoms with Crippen molar-refractivity contribution in [1.82, 2.24) is 10.6 Å². The van der Waals surface area contributed by atoms with E-state index < -0.39 is 53.8 Å². The van der Waals surface area contributed by atoms with Gasteiger partial charge in [-0.1, -0.05) is 31.5 Å². The van der Waals surface area contributed by atoms with Gasteiger partial charge in [-0.05, 0) is 43.2 Å². The SMILES string of the molecule is CCOc1ccc(O)cc1CC(=O)N[C@H](C(=O)N[C@@H](CC(=O)O)C(=O)CSCc1c(F)cccc1Cl)C(C)C. The highest BCUT2D eigenvalue weighted by Gasteiger charge is 2.30. The van der Waals surface area contributed by atoms with Crippen LogP contribution in [0, 0.1) is 11.7 Å². The van der Waals surface area contributed by atoms with Gasteiger partial charge >= 0.3 is 5.97 Å². The van der Waals surface area contributed by atoms with Crippen molar-refractivity contribution in [3.05, 3.63) is 58.4 Å². The first kappa shape index (κ1) is 31.9. The number of phenolic OH excluding ortho intramolecular Hbond substituents is 1. The second kappa shape index (κ2) is 15.3. The standard InChI is InChI=1S/C27H32ClFN2O7S/c1-4-38-23-9-8-17(32)10-16(23)11-24(34)31-26(15(2)3)27(37)30-21(12-25(35)36)22(33)14-39-13-18-19(28)6-5-7-20(18)29/h5-10,15,21,26,32H,4,11-14H2,1-3H3,(H,30,37)(H,31,34)(H,35,36)/t21-,26-/m0/s1. The molecule has 0 heterocycles. The number of rotatable bonds is 15. The number of hydrogen-bond donors (Lipinski definition) is 4. The van der Waals surface area contributed by atoms with Gasteiger partial charge in [0.2, 0.25) is 11.8 Å². The number of ketones is 1.